The quantitative estimate of drug-likeness (QED) is 0.108. The minimum Gasteiger partial charge on any atom is -0.457 e. The number of cyclic esters (lactones) is 1. The second-order valence-electron chi connectivity index (χ2n) is 16.7. The SMILES string of the molecule is CCC(O)C(C)C1OC1CC(C)(O)/C=C/C=C(\C)C1OC(=O)CC(O)CCC(C)(O)C(OC(=O)N2CCCN(CC(C)(C)C)CC2)/C=C/C1C. The van der Waals surface area contributed by atoms with Crippen LogP contribution in [0.4, 0.5) is 4.79 Å². The Labute approximate surface area is 300 Å². The molecular formula is C39H66N2O9. The number of carbonyl (C=O) groups is 2. The van der Waals surface area contributed by atoms with Crippen molar-refractivity contribution in [1.82, 2.24) is 9.80 Å². The highest BCUT2D eigenvalue weighted by Crippen LogP contribution is 2.37. The second-order valence-corrected chi connectivity index (χ2v) is 16.7. The summed E-state index contributed by atoms with van der Waals surface area (Å²) in [7, 11) is 0. The first-order valence-electron chi connectivity index (χ1n) is 18.6. The van der Waals surface area contributed by atoms with Crippen molar-refractivity contribution in [3.63, 3.8) is 0 Å². The third-order valence-electron chi connectivity index (χ3n) is 10.1. The number of hydrogen-bond acceptors (Lipinski definition) is 10. The van der Waals surface area contributed by atoms with Crippen molar-refractivity contribution in [3.8, 4) is 0 Å². The summed E-state index contributed by atoms with van der Waals surface area (Å²) in [6.07, 6.45) is 6.56. The number of hydrogen-bond donors (Lipinski definition) is 4. The van der Waals surface area contributed by atoms with Gasteiger partial charge in [-0.05, 0) is 70.1 Å². The van der Waals surface area contributed by atoms with Crippen molar-refractivity contribution in [2.75, 3.05) is 32.7 Å². The van der Waals surface area contributed by atoms with Crippen molar-refractivity contribution in [2.45, 2.75) is 149 Å². The van der Waals surface area contributed by atoms with E-state index in [1.54, 1.807) is 49.1 Å². The van der Waals surface area contributed by atoms with E-state index in [2.05, 4.69) is 25.7 Å². The van der Waals surface area contributed by atoms with Gasteiger partial charge in [0.05, 0.1) is 36.4 Å². The Morgan fingerprint density at radius 1 is 1.18 bits per heavy atom. The van der Waals surface area contributed by atoms with Crippen LogP contribution >= 0.6 is 0 Å². The van der Waals surface area contributed by atoms with E-state index in [0.29, 0.717) is 31.5 Å². The minimum absolute atomic E-state index is 0.0127. The number of rotatable bonds is 10. The Morgan fingerprint density at radius 2 is 1.88 bits per heavy atom. The minimum atomic E-state index is -1.49. The monoisotopic (exact) mass is 706 g/mol. The first-order valence-corrected chi connectivity index (χ1v) is 18.6. The molecule has 3 heterocycles. The summed E-state index contributed by atoms with van der Waals surface area (Å²) in [5.41, 5.74) is -1.80. The molecule has 10 unspecified atom stereocenters. The number of aliphatic hydroxyl groups excluding tert-OH is 2. The van der Waals surface area contributed by atoms with Crippen LogP contribution in [-0.2, 0) is 19.0 Å². The molecule has 0 aromatic heterocycles. The number of esters is 1. The van der Waals surface area contributed by atoms with Gasteiger partial charge in [0, 0.05) is 44.4 Å². The third kappa shape index (κ3) is 13.4. The summed E-state index contributed by atoms with van der Waals surface area (Å²) in [5.74, 6) is -0.952. The molecule has 2 saturated heterocycles. The van der Waals surface area contributed by atoms with Crippen molar-refractivity contribution >= 4 is 12.1 Å². The molecular weight excluding hydrogens is 640 g/mol. The largest absolute Gasteiger partial charge is 0.457 e. The highest BCUT2D eigenvalue weighted by atomic mass is 16.6. The number of carbonyl (C=O) groups excluding carboxylic acids is 2. The highest BCUT2D eigenvalue weighted by molar-refractivity contribution is 5.70. The Balaban J connectivity index is 1.74. The van der Waals surface area contributed by atoms with E-state index in [1.165, 1.54) is 0 Å². The zero-order chi connectivity index (χ0) is 37.4. The molecule has 0 spiro atoms. The number of amides is 1. The van der Waals surface area contributed by atoms with Crippen LogP contribution in [0.2, 0.25) is 0 Å². The fourth-order valence-corrected chi connectivity index (χ4v) is 6.97. The molecule has 0 saturated carbocycles. The van der Waals surface area contributed by atoms with E-state index in [0.717, 1.165) is 26.1 Å². The molecule has 11 heteroatoms. The highest BCUT2D eigenvalue weighted by Gasteiger charge is 2.47. The lowest BCUT2D eigenvalue weighted by atomic mass is 9.88. The van der Waals surface area contributed by atoms with E-state index < -0.39 is 47.7 Å². The smallest absolute Gasteiger partial charge is 0.410 e. The topological polar surface area (TPSA) is 153 Å². The van der Waals surface area contributed by atoms with Gasteiger partial charge in [-0.15, -0.1) is 0 Å². The Bertz CT molecular complexity index is 1210. The molecule has 0 bridgehead atoms. The van der Waals surface area contributed by atoms with Gasteiger partial charge in [0.25, 0.3) is 0 Å². The molecule has 286 valence electrons. The van der Waals surface area contributed by atoms with Crippen LogP contribution < -0.4 is 0 Å². The van der Waals surface area contributed by atoms with Crippen LogP contribution in [0.15, 0.2) is 36.0 Å². The van der Waals surface area contributed by atoms with Gasteiger partial charge in [-0.25, -0.2) is 4.79 Å². The molecule has 0 radical (unpaired) electrons. The van der Waals surface area contributed by atoms with Crippen molar-refractivity contribution in [1.29, 1.82) is 0 Å². The van der Waals surface area contributed by atoms with Crippen LogP contribution in [-0.4, -0.2) is 123 Å². The summed E-state index contributed by atoms with van der Waals surface area (Å²) in [6, 6.07) is 0. The maximum Gasteiger partial charge on any atom is 0.410 e. The summed E-state index contributed by atoms with van der Waals surface area (Å²) in [6.45, 7) is 21.1. The summed E-state index contributed by atoms with van der Waals surface area (Å²) < 4.78 is 17.6. The lowest BCUT2D eigenvalue weighted by Crippen LogP contribution is -2.46. The molecule has 3 aliphatic heterocycles. The first-order chi connectivity index (χ1) is 23.2. The molecule has 10 atom stereocenters. The van der Waals surface area contributed by atoms with E-state index in [1.807, 2.05) is 27.7 Å². The maximum atomic E-state index is 13.5. The Morgan fingerprint density at radius 3 is 2.54 bits per heavy atom. The zero-order valence-electron chi connectivity index (χ0n) is 32.0. The maximum absolute atomic E-state index is 13.5. The molecule has 11 nitrogen and oxygen atoms in total. The number of allylic oxidation sites excluding steroid dienone is 2. The average Bonchev–Trinajstić information content (AvgIpc) is 3.81. The number of epoxide rings is 1. The van der Waals surface area contributed by atoms with Crippen LogP contribution in [0, 0.1) is 17.3 Å². The molecule has 50 heavy (non-hydrogen) atoms. The predicted octanol–water partition coefficient (Wildman–Crippen LogP) is 4.76. The number of aliphatic hydroxyl groups is 4. The molecule has 4 N–H and O–H groups in total. The standard InChI is InChI=1S/C39H66N2O9/c1-10-30(43)28(4)35-31(48-35)24-38(8,46)17-11-13-26(2)34-27(3)14-15-32(39(9,47)18-16-29(42)23-33(44)50-34)49-36(45)41-20-12-19-40(21-22-41)25-37(5,6)7/h11,13-15,17,27-32,34-35,42-43,46-47H,10,12,16,18-25H2,1-9H3/b15-14+,17-11+,26-13+. The van der Waals surface area contributed by atoms with Crippen LogP contribution in [0.1, 0.15) is 101 Å². The molecule has 3 aliphatic rings. The van der Waals surface area contributed by atoms with E-state index in [4.69, 9.17) is 14.2 Å². The van der Waals surface area contributed by atoms with Crippen LogP contribution in [0.3, 0.4) is 0 Å². The van der Waals surface area contributed by atoms with Gasteiger partial charge in [0.15, 0.2) is 6.10 Å². The third-order valence-corrected chi connectivity index (χ3v) is 10.1. The van der Waals surface area contributed by atoms with Gasteiger partial charge in [-0.2, -0.15) is 0 Å². The average molecular weight is 707 g/mol. The number of nitrogens with zero attached hydrogens (tertiary/aromatic N) is 2. The fraction of sp³-hybridized carbons (Fsp3) is 0.795. The van der Waals surface area contributed by atoms with Gasteiger partial charge >= 0.3 is 12.1 Å². The fourth-order valence-electron chi connectivity index (χ4n) is 6.97. The number of ether oxygens (including phenoxy) is 3. The van der Waals surface area contributed by atoms with Crippen molar-refractivity contribution in [3.05, 3.63) is 36.0 Å². The van der Waals surface area contributed by atoms with Crippen LogP contribution in [0.5, 0.6) is 0 Å². The van der Waals surface area contributed by atoms with Gasteiger partial charge in [-0.1, -0.05) is 65.8 Å². The second kappa shape index (κ2) is 18.0. The normalized spacial score (nSPS) is 34.1. The molecule has 1 amide bonds. The van der Waals surface area contributed by atoms with Gasteiger partial charge in [0.1, 0.15) is 11.7 Å². The van der Waals surface area contributed by atoms with E-state index in [9.17, 15) is 30.0 Å². The Kier molecular flexibility index (Phi) is 15.1. The lowest BCUT2D eigenvalue weighted by Gasteiger charge is -2.34. The van der Waals surface area contributed by atoms with Gasteiger partial charge in [0.2, 0.25) is 0 Å². The molecule has 0 aliphatic carbocycles. The summed E-state index contributed by atoms with van der Waals surface area (Å²) >= 11 is 0. The Hall–Kier alpha value is -2.28. The summed E-state index contributed by atoms with van der Waals surface area (Å²) in [4.78, 5) is 30.4. The van der Waals surface area contributed by atoms with Crippen LogP contribution in [0.25, 0.3) is 0 Å². The molecule has 0 aromatic rings. The van der Waals surface area contributed by atoms with E-state index in [-0.39, 0.29) is 48.7 Å². The van der Waals surface area contributed by atoms with E-state index >= 15 is 0 Å². The molecule has 0 aromatic carbocycles. The first kappa shape index (κ1) is 42.1. The summed E-state index contributed by atoms with van der Waals surface area (Å²) in [5, 5.41) is 43.4. The van der Waals surface area contributed by atoms with Gasteiger partial charge < -0.3 is 44.4 Å². The van der Waals surface area contributed by atoms with Crippen molar-refractivity contribution in [2.24, 2.45) is 17.3 Å². The predicted molar refractivity (Wildman–Crippen MR) is 193 cm³/mol. The molecule has 3 rings (SSSR count). The van der Waals surface area contributed by atoms with Gasteiger partial charge in [-0.3, -0.25) is 4.79 Å². The van der Waals surface area contributed by atoms with Crippen molar-refractivity contribution < 1.29 is 44.2 Å². The molecule has 2 fully saturated rings. The lowest BCUT2D eigenvalue weighted by molar-refractivity contribution is -0.151. The zero-order valence-corrected chi connectivity index (χ0v) is 32.0.